The van der Waals surface area contributed by atoms with Crippen LogP contribution >= 0.6 is 0 Å². The van der Waals surface area contributed by atoms with E-state index in [9.17, 15) is 16.8 Å². The van der Waals surface area contributed by atoms with E-state index >= 15 is 0 Å². The summed E-state index contributed by atoms with van der Waals surface area (Å²) in [6.45, 7) is 12.6. The van der Waals surface area contributed by atoms with Gasteiger partial charge in [0.15, 0.2) is 19.7 Å². The first kappa shape index (κ1) is 34.4. The summed E-state index contributed by atoms with van der Waals surface area (Å²) >= 11 is 0. The molecule has 0 amide bonds. The van der Waals surface area contributed by atoms with Gasteiger partial charge in [0.25, 0.3) is 0 Å². The molecule has 13 heteroatoms. The lowest BCUT2D eigenvalue weighted by Gasteiger charge is -2.29. The number of sulfone groups is 2. The number of fused-ring (bicyclic) bond motifs is 2. The van der Waals surface area contributed by atoms with Crippen LogP contribution in [-0.2, 0) is 19.7 Å². The molecule has 6 heterocycles. The van der Waals surface area contributed by atoms with Crippen molar-refractivity contribution < 1.29 is 16.8 Å². The van der Waals surface area contributed by atoms with Crippen LogP contribution in [0, 0.1) is 35.0 Å². The zero-order valence-corrected chi connectivity index (χ0v) is 30.1. The van der Waals surface area contributed by atoms with Crippen molar-refractivity contribution in [1.29, 1.82) is 5.26 Å². The molecule has 6 saturated heterocycles. The van der Waals surface area contributed by atoms with Crippen molar-refractivity contribution in [2.24, 2.45) is 23.7 Å². The highest BCUT2D eigenvalue weighted by atomic mass is 32.2. The van der Waals surface area contributed by atoms with Crippen LogP contribution in [0.15, 0.2) is 48.5 Å². The molecule has 4 atom stereocenters. The fourth-order valence-electron chi connectivity index (χ4n) is 8.62. The van der Waals surface area contributed by atoms with Crippen molar-refractivity contribution >= 4 is 42.4 Å². The Morgan fingerprint density at radius 1 is 0.571 bits per heavy atom. The monoisotopic (exact) mass is 709 g/mol. The number of nitriles is 1. The van der Waals surface area contributed by atoms with Gasteiger partial charge in [0.1, 0.15) is 0 Å². The molecule has 2 aromatic rings. The molecule has 49 heavy (non-hydrogen) atoms. The van der Waals surface area contributed by atoms with Gasteiger partial charge in [0.05, 0.1) is 29.1 Å². The molecule has 0 spiro atoms. The summed E-state index contributed by atoms with van der Waals surface area (Å²) in [6, 6.07) is 19.5. The summed E-state index contributed by atoms with van der Waals surface area (Å²) in [4.78, 5) is 11.8. The Morgan fingerprint density at radius 2 is 0.939 bits per heavy atom. The van der Waals surface area contributed by atoms with Gasteiger partial charge in [-0.3, -0.25) is 0 Å². The fraction of sp³-hybridized carbons (Fsp3) is 0.639. The van der Waals surface area contributed by atoms with Crippen LogP contribution in [0.4, 0.5) is 22.7 Å². The third kappa shape index (κ3) is 8.30. The summed E-state index contributed by atoms with van der Waals surface area (Å²) in [5.74, 6) is 4.13. The Hall–Kier alpha value is -3.05. The van der Waals surface area contributed by atoms with Crippen LogP contribution in [0.25, 0.3) is 0 Å². The number of nitrogens with zero attached hydrogens (tertiary/aromatic N) is 6. The van der Waals surface area contributed by atoms with Gasteiger partial charge in [-0.25, -0.2) is 16.8 Å². The second-order valence-corrected chi connectivity index (χ2v) is 19.4. The van der Waals surface area contributed by atoms with Crippen molar-refractivity contribution in [2.75, 3.05) is 128 Å². The summed E-state index contributed by atoms with van der Waals surface area (Å²) in [5, 5.41) is 12.2. The van der Waals surface area contributed by atoms with Crippen molar-refractivity contribution in [1.82, 2.24) is 10.2 Å². The van der Waals surface area contributed by atoms with E-state index in [1.54, 1.807) is 0 Å². The molecule has 6 aliphatic rings. The molecule has 6 aliphatic heterocycles. The molecule has 0 radical (unpaired) electrons. The van der Waals surface area contributed by atoms with Crippen LogP contribution < -0.4 is 24.9 Å². The SMILES string of the molecule is N#CCCCN1C[C@@H]2CN(c3ccc(N4CCS(=O)(=O)CC4)cc3)C[C@@H]2C1.O=S1(=O)CCN(c2ccc(N3C[C@H]4CNC[C@H]4C3)cc2)CC1. The number of benzene rings is 2. The normalized spacial score (nSPS) is 28.9. The van der Waals surface area contributed by atoms with E-state index in [1.807, 2.05) is 0 Å². The van der Waals surface area contributed by atoms with Crippen LogP contribution in [-0.4, -0.2) is 130 Å². The molecule has 0 saturated carbocycles. The third-order valence-electron chi connectivity index (χ3n) is 11.6. The average Bonchev–Trinajstić information content (AvgIpc) is 3.87. The molecular weight excluding hydrogens is 659 g/mol. The molecule has 0 unspecified atom stereocenters. The summed E-state index contributed by atoms with van der Waals surface area (Å²) < 4.78 is 46.2. The Balaban J connectivity index is 0.000000157. The molecule has 11 nitrogen and oxygen atoms in total. The van der Waals surface area contributed by atoms with Gasteiger partial charge >= 0.3 is 0 Å². The first-order valence-corrected chi connectivity index (χ1v) is 21.7. The van der Waals surface area contributed by atoms with Gasteiger partial charge in [0, 0.05) is 108 Å². The molecule has 266 valence electrons. The Bertz CT molecular complexity index is 1640. The second-order valence-electron chi connectivity index (χ2n) is 14.8. The highest BCUT2D eigenvalue weighted by Gasteiger charge is 2.40. The van der Waals surface area contributed by atoms with E-state index in [2.05, 4.69) is 84.4 Å². The van der Waals surface area contributed by atoms with Gasteiger partial charge in [-0.15, -0.1) is 0 Å². The summed E-state index contributed by atoms with van der Waals surface area (Å²) in [7, 11) is -5.65. The van der Waals surface area contributed by atoms with E-state index in [4.69, 9.17) is 5.26 Å². The summed E-state index contributed by atoms with van der Waals surface area (Å²) in [5.41, 5.74) is 4.83. The van der Waals surface area contributed by atoms with Crippen LogP contribution in [0.1, 0.15) is 12.8 Å². The molecule has 6 fully saturated rings. The standard InChI is InChI=1S/C20H28N4O2S.C16H23N3O2S/c21-7-1-2-8-22-13-17-15-24(16-18(17)14-22)20-5-3-19(4-6-20)23-9-11-27(25,26)12-10-23;20-22(21)7-5-18(6-8-22)15-1-3-16(4-2-15)19-11-13-9-17-10-14(13)12-19/h3-6,17-18H,1-2,8-16H2;1-4,13-14,17H,5-12H2/t17-,18+;13-,14+. The van der Waals surface area contributed by atoms with Crippen molar-refractivity contribution in [3.63, 3.8) is 0 Å². The Kier molecular flexibility index (Phi) is 10.3. The van der Waals surface area contributed by atoms with Gasteiger partial charge in [-0.1, -0.05) is 0 Å². The average molecular weight is 710 g/mol. The topological polar surface area (TPSA) is 120 Å². The van der Waals surface area contributed by atoms with E-state index in [0.717, 1.165) is 100 Å². The maximum atomic E-state index is 11.6. The highest BCUT2D eigenvalue weighted by Crippen LogP contribution is 2.35. The van der Waals surface area contributed by atoms with Crippen molar-refractivity contribution in [2.45, 2.75) is 12.8 Å². The van der Waals surface area contributed by atoms with Gasteiger partial charge in [-0.05, 0) is 85.2 Å². The molecule has 0 aromatic heterocycles. The largest absolute Gasteiger partial charge is 0.371 e. The molecule has 0 bridgehead atoms. The maximum Gasteiger partial charge on any atom is 0.153 e. The van der Waals surface area contributed by atoms with E-state index in [0.29, 0.717) is 32.6 Å². The van der Waals surface area contributed by atoms with Crippen molar-refractivity contribution in [3.05, 3.63) is 48.5 Å². The van der Waals surface area contributed by atoms with Gasteiger partial charge < -0.3 is 29.8 Å². The minimum Gasteiger partial charge on any atom is -0.371 e. The van der Waals surface area contributed by atoms with Crippen LogP contribution in [0.3, 0.4) is 0 Å². The predicted octanol–water partition coefficient (Wildman–Crippen LogP) is 2.17. The van der Waals surface area contributed by atoms with Gasteiger partial charge in [0.2, 0.25) is 0 Å². The summed E-state index contributed by atoms with van der Waals surface area (Å²) in [6.07, 6.45) is 1.65. The number of nitrogens with one attached hydrogen (secondary N) is 1. The van der Waals surface area contributed by atoms with E-state index < -0.39 is 19.7 Å². The zero-order valence-electron chi connectivity index (χ0n) is 28.5. The lowest BCUT2D eigenvalue weighted by molar-refractivity contribution is 0.313. The third-order valence-corrected chi connectivity index (χ3v) is 14.8. The number of hydrogen-bond acceptors (Lipinski definition) is 11. The lowest BCUT2D eigenvalue weighted by atomic mass is 10.0. The lowest BCUT2D eigenvalue weighted by Crippen LogP contribution is -2.40. The number of hydrogen-bond donors (Lipinski definition) is 1. The highest BCUT2D eigenvalue weighted by molar-refractivity contribution is 7.91. The van der Waals surface area contributed by atoms with Crippen LogP contribution in [0.2, 0.25) is 0 Å². The second kappa shape index (κ2) is 14.7. The molecule has 0 aliphatic carbocycles. The minimum atomic E-state index is -2.84. The molecule has 2 aromatic carbocycles. The number of anilines is 4. The maximum absolute atomic E-state index is 11.6. The van der Waals surface area contributed by atoms with Gasteiger partial charge in [-0.2, -0.15) is 5.26 Å². The minimum absolute atomic E-state index is 0.259. The number of unbranched alkanes of at least 4 members (excludes halogenated alkanes) is 1. The quantitative estimate of drug-likeness (QED) is 0.426. The van der Waals surface area contributed by atoms with E-state index in [1.165, 1.54) is 11.4 Å². The first-order valence-electron chi connectivity index (χ1n) is 18.1. The molecular formula is C36H51N7O4S2. The number of likely N-dealkylation sites (tertiary alicyclic amines) is 1. The Morgan fingerprint density at radius 3 is 1.33 bits per heavy atom. The van der Waals surface area contributed by atoms with Crippen molar-refractivity contribution in [3.8, 4) is 6.07 Å². The first-order chi connectivity index (χ1) is 23.6. The smallest absolute Gasteiger partial charge is 0.153 e. The molecule has 8 rings (SSSR count). The predicted molar refractivity (Wildman–Crippen MR) is 197 cm³/mol. The fourth-order valence-corrected chi connectivity index (χ4v) is 11.0. The number of rotatable bonds is 7. The van der Waals surface area contributed by atoms with Crippen LogP contribution in [0.5, 0.6) is 0 Å². The zero-order chi connectivity index (χ0) is 34.0. The molecule has 1 N–H and O–H groups in total. The van der Waals surface area contributed by atoms with E-state index in [-0.39, 0.29) is 23.0 Å². The Labute approximate surface area is 292 Å².